The fourth-order valence-electron chi connectivity index (χ4n) is 4.78. The number of hydrogen-bond donors (Lipinski definition) is 3. The number of carbonyl (C=O) groups excluding carboxylic acids is 1. The summed E-state index contributed by atoms with van der Waals surface area (Å²) in [4.78, 5) is 16.2. The number of nitrogens with zero attached hydrogens (tertiary/aromatic N) is 4. The standard InChI is InChI=1S/C20H19F4N7O4/c21-15-12(34-18(32)27-19-5-9(6-19)7-19)8-33-16(15)10-3-13(29-28-10)26-17-11-4-14(35-20(22,23)24)30-31(11)2-1-25-17/h1-4,9,12,15-16H,5-8H2,(H,27,32)(H2,25,26,28,29)/t9?,12-,15-,16-,19?/m0/s1. The molecule has 35 heavy (non-hydrogen) atoms. The molecule has 3 aromatic heterocycles. The lowest BCUT2D eigenvalue weighted by molar-refractivity contribution is -0.276. The Morgan fingerprint density at radius 3 is 2.80 bits per heavy atom. The minimum Gasteiger partial charge on any atom is -0.441 e. The van der Waals surface area contributed by atoms with Crippen LogP contribution in [0.4, 0.5) is 34.0 Å². The predicted molar refractivity (Wildman–Crippen MR) is 109 cm³/mol. The summed E-state index contributed by atoms with van der Waals surface area (Å²) in [5.74, 6) is 0.380. The normalized spacial score (nSPS) is 29.4. The van der Waals surface area contributed by atoms with E-state index in [1.54, 1.807) is 0 Å². The third kappa shape index (κ3) is 4.09. The van der Waals surface area contributed by atoms with Crippen LogP contribution in [-0.2, 0) is 9.47 Å². The first-order chi connectivity index (χ1) is 16.7. The van der Waals surface area contributed by atoms with E-state index in [1.165, 1.54) is 18.5 Å². The maximum absolute atomic E-state index is 15.0. The average molecular weight is 497 g/mol. The Hall–Kier alpha value is -3.62. The number of nitrogens with one attached hydrogen (secondary N) is 3. The molecule has 4 aliphatic rings. The molecule has 2 bridgehead atoms. The molecule has 1 amide bonds. The van der Waals surface area contributed by atoms with Gasteiger partial charge in [-0.1, -0.05) is 0 Å². The fraction of sp³-hybridized carbons (Fsp3) is 0.500. The number of aromatic amines is 1. The number of fused-ring (bicyclic) bond motifs is 1. The number of carbonyl (C=O) groups is 1. The molecule has 4 fully saturated rings. The van der Waals surface area contributed by atoms with Crippen LogP contribution in [-0.4, -0.2) is 61.7 Å². The molecular formula is C20H19F4N7O4. The van der Waals surface area contributed by atoms with Crippen molar-refractivity contribution >= 4 is 23.2 Å². The molecule has 15 heteroatoms. The van der Waals surface area contributed by atoms with E-state index in [0.717, 1.165) is 29.8 Å². The minimum absolute atomic E-state index is 0.116. The number of aromatic nitrogens is 5. The molecule has 11 nitrogen and oxygen atoms in total. The minimum atomic E-state index is -4.89. The van der Waals surface area contributed by atoms with Gasteiger partial charge >= 0.3 is 12.5 Å². The van der Waals surface area contributed by atoms with Crippen molar-refractivity contribution in [2.45, 2.75) is 49.5 Å². The number of ether oxygens (including phenoxy) is 3. The van der Waals surface area contributed by atoms with Crippen LogP contribution in [0.1, 0.15) is 31.1 Å². The monoisotopic (exact) mass is 497 g/mol. The Balaban J connectivity index is 1.11. The second-order valence-corrected chi connectivity index (χ2v) is 9.00. The quantitative estimate of drug-likeness (QED) is 0.444. The lowest BCUT2D eigenvalue weighted by Crippen LogP contribution is -2.68. The lowest BCUT2D eigenvalue weighted by atomic mass is 9.50. The van der Waals surface area contributed by atoms with E-state index in [4.69, 9.17) is 9.47 Å². The second kappa shape index (κ2) is 7.69. The molecule has 0 unspecified atom stereocenters. The van der Waals surface area contributed by atoms with Crippen LogP contribution in [0.3, 0.4) is 0 Å². The summed E-state index contributed by atoms with van der Waals surface area (Å²) >= 11 is 0. The number of alkyl carbamates (subject to hydrolysis) is 1. The number of alkyl halides is 4. The van der Waals surface area contributed by atoms with Crippen molar-refractivity contribution in [2.24, 2.45) is 5.92 Å². The Bertz CT molecular complexity index is 1260. The zero-order valence-corrected chi connectivity index (χ0v) is 17.9. The van der Waals surface area contributed by atoms with Gasteiger partial charge in [0.05, 0.1) is 12.3 Å². The maximum Gasteiger partial charge on any atom is 0.574 e. The number of rotatable bonds is 6. The van der Waals surface area contributed by atoms with Crippen molar-refractivity contribution in [2.75, 3.05) is 11.9 Å². The first kappa shape index (κ1) is 21.9. The van der Waals surface area contributed by atoms with E-state index < -0.39 is 36.7 Å². The van der Waals surface area contributed by atoms with Gasteiger partial charge in [-0.25, -0.2) is 18.7 Å². The van der Waals surface area contributed by atoms with Gasteiger partial charge in [-0.15, -0.1) is 18.3 Å². The van der Waals surface area contributed by atoms with E-state index >= 15 is 0 Å². The SMILES string of the molecule is O=C(NC12CC(C1)C2)O[C@H]1CO[C@@H](c2cc(Nc3nccn4nc(OC(F)(F)F)cc34)n[nH]2)[C@H]1F. The van der Waals surface area contributed by atoms with Gasteiger partial charge in [0.15, 0.2) is 23.9 Å². The van der Waals surface area contributed by atoms with Gasteiger partial charge < -0.3 is 24.8 Å². The van der Waals surface area contributed by atoms with Crippen LogP contribution in [0, 0.1) is 5.92 Å². The average Bonchev–Trinajstić information content (AvgIpc) is 3.42. The number of halogens is 4. The molecule has 3 N–H and O–H groups in total. The first-order valence-corrected chi connectivity index (χ1v) is 10.8. The second-order valence-electron chi connectivity index (χ2n) is 9.00. The third-order valence-electron chi connectivity index (χ3n) is 6.49. The van der Waals surface area contributed by atoms with Crippen LogP contribution >= 0.6 is 0 Å². The van der Waals surface area contributed by atoms with Crippen molar-refractivity contribution in [1.82, 2.24) is 30.1 Å². The van der Waals surface area contributed by atoms with Crippen molar-refractivity contribution in [3.63, 3.8) is 0 Å². The maximum atomic E-state index is 15.0. The zero-order chi connectivity index (χ0) is 24.4. The molecule has 3 atom stereocenters. The highest BCUT2D eigenvalue weighted by molar-refractivity contribution is 5.73. The summed E-state index contributed by atoms with van der Waals surface area (Å²) < 4.78 is 68.2. The van der Waals surface area contributed by atoms with Gasteiger partial charge in [0, 0.05) is 30.1 Å². The highest BCUT2D eigenvalue weighted by Crippen LogP contribution is 2.57. The van der Waals surface area contributed by atoms with Crippen molar-refractivity contribution in [3.8, 4) is 5.88 Å². The molecule has 0 radical (unpaired) electrons. The van der Waals surface area contributed by atoms with Gasteiger partial charge in [0.1, 0.15) is 11.6 Å². The van der Waals surface area contributed by atoms with Gasteiger partial charge in [0.25, 0.3) is 0 Å². The van der Waals surface area contributed by atoms with Crippen LogP contribution in [0.15, 0.2) is 24.5 Å². The molecule has 3 saturated carbocycles. The smallest absolute Gasteiger partial charge is 0.441 e. The third-order valence-corrected chi connectivity index (χ3v) is 6.49. The van der Waals surface area contributed by atoms with E-state index in [9.17, 15) is 22.4 Å². The Morgan fingerprint density at radius 2 is 2.09 bits per heavy atom. The molecule has 7 rings (SSSR count). The van der Waals surface area contributed by atoms with E-state index in [-0.39, 0.29) is 35.0 Å². The summed E-state index contributed by atoms with van der Waals surface area (Å²) in [6.45, 7) is -0.116. The first-order valence-electron chi connectivity index (χ1n) is 10.8. The zero-order valence-electron chi connectivity index (χ0n) is 17.9. The Kier molecular flexibility index (Phi) is 4.81. The molecule has 0 spiro atoms. The molecular weight excluding hydrogens is 478 g/mol. The number of hydrogen-bond acceptors (Lipinski definition) is 8. The van der Waals surface area contributed by atoms with Gasteiger partial charge in [0.2, 0.25) is 5.88 Å². The number of amides is 1. The topological polar surface area (TPSA) is 128 Å². The fourth-order valence-corrected chi connectivity index (χ4v) is 4.78. The summed E-state index contributed by atoms with van der Waals surface area (Å²) in [7, 11) is 0. The van der Waals surface area contributed by atoms with Crippen LogP contribution < -0.4 is 15.4 Å². The molecule has 3 aromatic rings. The van der Waals surface area contributed by atoms with Gasteiger partial charge in [-0.05, 0) is 25.2 Å². The Morgan fingerprint density at radius 1 is 1.29 bits per heavy atom. The van der Waals surface area contributed by atoms with Gasteiger partial charge in [-0.3, -0.25) is 5.10 Å². The van der Waals surface area contributed by atoms with Crippen LogP contribution in [0.2, 0.25) is 0 Å². The molecule has 3 aliphatic carbocycles. The highest BCUT2D eigenvalue weighted by atomic mass is 19.4. The van der Waals surface area contributed by atoms with E-state index in [1.807, 2.05) is 0 Å². The summed E-state index contributed by atoms with van der Waals surface area (Å²) in [5.41, 5.74) is 0.301. The van der Waals surface area contributed by atoms with Crippen LogP contribution in [0.5, 0.6) is 5.88 Å². The van der Waals surface area contributed by atoms with Crippen LogP contribution in [0.25, 0.3) is 5.52 Å². The van der Waals surface area contributed by atoms with Crippen molar-refractivity contribution in [3.05, 3.63) is 30.2 Å². The summed E-state index contributed by atoms with van der Waals surface area (Å²) in [5, 5.41) is 16.1. The molecule has 4 heterocycles. The summed E-state index contributed by atoms with van der Waals surface area (Å²) in [6, 6.07) is 2.53. The van der Waals surface area contributed by atoms with Crippen molar-refractivity contribution < 1.29 is 36.6 Å². The largest absolute Gasteiger partial charge is 0.574 e. The van der Waals surface area contributed by atoms with E-state index in [2.05, 4.69) is 35.7 Å². The van der Waals surface area contributed by atoms with Gasteiger partial charge in [-0.2, -0.15) is 5.10 Å². The number of H-pyrrole nitrogens is 1. The number of anilines is 2. The molecule has 0 aromatic carbocycles. The lowest BCUT2D eigenvalue weighted by Gasteiger charge is -2.61. The summed E-state index contributed by atoms with van der Waals surface area (Å²) in [6.07, 6.45) is -3.79. The molecule has 1 saturated heterocycles. The van der Waals surface area contributed by atoms with E-state index in [0.29, 0.717) is 5.92 Å². The Labute approximate surface area is 194 Å². The highest BCUT2D eigenvalue weighted by Gasteiger charge is 2.58. The predicted octanol–water partition coefficient (Wildman–Crippen LogP) is 3.15. The molecule has 186 valence electrons. The molecule has 1 aliphatic heterocycles. The van der Waals surface area contributed by atoms with Crippen molar-refractivity contribution in [1.29, 1.82) is 0 Å².